The molecule has 0 radical (unpaired) electrons. The highest BCUT2D eigenvalue weighted by Crippen LogP contribution is 2.52. The second-order valence-corrected chi connectivity index (χ2v) is 12.2. The van der Waals surface area contributed by atoms with Gasteiger partial charge in [0.25, 0.3) is 5.52 Å². The third-order valence-corrected chi connectivity index (χ3v) is 9.44. The molecule has 0 fully saturated rings. The zero-order chi connectivity index (χ0) is 26.3. The highest BCUT2D eigenvalue weighted by molar-refractivity contribution is 6.16. The van der Waals surface area contributed by atoms with Crippen LogP contribution in [0.25, 0.3) is 44.5 Å². The average molecular weight is 489 g/mol. The summed E-state index contributed by atoms with van der Waals surface area (Å²) in [5.41, 5.74) is 9.60. The second-order valence-electron chi connectivity index (χ2n) is 12.2. The Morgan fingerprint density at radius 2 is 1.76 bits per heavy atom. The Labute approximate surface area is 220 Å². The lowest BCUT2D eigenvalue weighted by Crippen LogP contribution is -2.68. The first-order valence-electron chi connectivity index (χ1n) is 13.7. The van der Waals surface area contributed by atoms with Crippen LogP contribution >= 0.6 is 0 Å². The Bertz CT molecular complexity index is 1730. The van der Waals surface area contributed by atoms with E-state index in [9.17, 15) is 0 Å². The molecule has 1 aliphatic rings. The molecule has 4 heterocycles. The highest BCUT2D eigenvalue weighted by atomic mass is 15.4. The molecule has 0 amide bonds. The van der Waals surface area contributed by atoms with Gasteiger partial charge >= 0.3 is 0 Å². The van der Waals surface area contributed by atoms with Gasteiger partial charge in [0.15, 0.2) is 5.54 Å². The van der Waals surface area contributed by atoms with Crippen LogP contribution in [-0.4, -0.2) is 9.50 Å². The summed E-state index contributed by atoms with van der Waals surface area (Å²) < 4.78 is 5.01. The molecule has 0 N–H and O–H groups in total. The minimum Gasteiger partial charge on any atom is -0.252 e. The Kier molecular flexibility index (Phi) is 5.02. The number of benzene rings is 2. The van der Waals surface area contributed by atoms with E-state index in [0.717, 1.165) is 29.6 Å². The van der Waals surface area contributed by atoms with Gasteiger partial charge in [-0.3, -0.25) is 4.98 Å². The lowest BCUT2D eigenvalue weighted by molar-refractivity contribution is -0.807. The van der Waals surface area contributed by atoms with Crippen LogP contribution in [0, 0.1) is 0 Å². The number of hydrogen-bond acceptors (Lipinski definition) is 1. The number of rotatable bonds is 4. The molecule has 3 nitrogen and oxygen atoms in total. The van der Waals surface area contributed by atoms with Crippen LogP contribution < -0.4 is 4.68 Å². The Hall–Kier alpha value is -3.46. The van der Waals surface area contributed by atoms with E-state index in [1.807, 2.05) is 6.08 Å². The fraction of sp³-hybridized carbons (Fsp3) is 0.353. The first-order chi connectivity index (χ1) is 17.6. The summed E-state index contributed by atoms with van der Waals surface area (Å²) >= 11 is 0. The molecule has 0 saturated heterocycles. The van der Waals surface area contributed by atoms with Crippen molar-refractivity contribution < 1.29 is 4.68 Å². The van der Waals surface area contributed by atoms with Crippen molar-refractivity contribution in [2.75, 3.05) is 0 Å². The Morgan fingerprint density at radius 1 is 0.973 bits per heavy atom. The molecular formula is C34H38N3+. The number of aromatic nitrogens is 3. The monoisotopic (exact) mass is 488 g/mol. The smallest absolute Gasteiger partial charge is 0.250 e. The summed E-state index contributed by atoms with van der Waals surface area (Å²) in [5.74, 6) is 0. The number of nitrogens with zero attached hydrogens (tertiary/aromatic N) is 3. The summed E-state index contributed by atoms with van der Waals surface area (Å²) in [5, 5.41) is 2.62. The largest absolute Gasteiger partial charge is 0.252 e. The maximum atomic E-state index is 5.36. The highest BCUT2D eigenvalue weighted by Gasteiger charge is 2.58. The van der Waals surface area contributed by atoms with E-state index < -0.39 is 0 Å². The third kappa shape index (κ3) is 3.00. The van der Waals surface area contributed by atoms with Crippen molar-refractivity contribution >= 4 is 33.4 Å². The maximum Gasteiger partial charge on any atom is 0.250 e. The minimum atomic E-state index is -0.119. The topological polar surface area (TPSA) is 21.2 Å². The molecule has 2 aromatic carbocycles. The molecular weight excluding hydrogens is 450 g/mol. The number of hydrogen-bond donors (Lipinski definition) is 0. The van der Waals surface area contributed by atoms with Crippen molar-refractivity contribution in [3.05, 3.63) is 84.2 Å². The van der Waals surface area contributed by atoms with Crippen molar-refractivity contribution in [3.63, 3.8) is 0 Å². The third-order valence-electron chi connectivity index (χ3n) is 9.44. The van der Waals surface area contributed by atoms with Gasteiger partial charge in [-0.05, 0) is 60.4 Å². The number of fused-ring (bicyclic) bond motifs is 3. The van der Waals surface area contributed by atoms with E-state index >= 15 is 0 Å². The van der Waals surface area contributed by atoms with E-state index in [0.29, 0.717) is 0 Å². The zero-order valence-corrected chi connectivity index (χ0v) is 23.3. The van der Waals surface area contributed by atoms with Gasteiger partial charge in [0.2, 0.25) is 0 Å². The van der Waals surface area contributed by atoms with Crippen molar-refractivity contribution in [1.29, 1.82) is 0 Å². The van der Waals surface area contributed by atoms with Crippen molar-refractivity contribution in [1.82, 2.24) is 9.50 Å². The van der Waals surface area contributed by atoms with E-state index in [1.54, 1.807) is 0 Å². The molecule has 0 saturated carbocycles. The minimum absolute atomic E-state index is 0.0429. The molecule has 1 aliphatic heterocycles. The molecule has 188 valence electrons. The quantitative estimate of drug-likeness (QED) is 0.233. The SMILES string of the molecule is C=Cc1cccc(-c2cc3nc(C(C)(C)C)cc4c3c3c2c2ccccn2[n+]3C(C)(CC)C4(C)CC)c1. The first kappa shape index (κ1) is 23.9. The van der Waals surface area contributed by atoms with Gasteiger partial charge in [0.1, 0.15) is 5.52 Å². The molecule has 2 atom stereocenters. The summed E-state index contributed by atoms with van der Waals surface area (Å²) in [6, 6.07) is 20.1. The predicted octanol–water partition coefficient (Wildman–Crippen LogP) is 8.34. The van der Waals surface area contributed by atoms with Gasteiger partial charge in [0, 0.05) is 30.0 Å². The standard InChI is InChI=1S/C34H38N3/c1-9-22-15-14-16-23(19-22)24-20-26-30-25(21-28(35-26)32(4,5)6)33(7,10-2)34(8,11-3)37-31(30)29(24)27-17-12-13-18-36(27)37/h9,12-21H,1,10-11H2,2-8H3/q+1. The van der Waals surface area contributed by atoms with Gasteiger partial charge in [-0.15, -0.1) is 4.52 Å². The van der Waals surface area contributed by atoms with Crippen LogP contribution in [0.2, 0.25) is 0 Å². The van der Waals surface area contributed by atoms with E-state index in [4.69, 9.17) is 4.98 Å². The molecule has 2 unspecified atom stereocenters. The van der Waals surface area contributed by atoms with Gasteiger partial charge in [-0.2, -0.15) is 0 Å². The normalized spacial score (nSPS) is 21.4. The van der Waals surface area contributed by atoms with E-state index in [2.05, 4.69) is 125 Å². The van der Waals surface area contributed by atoms with Gasteiger partial charge in [-0.1, -0.05) is 76.2 Å². The van der Waals surface area contributed by atoms with Crippen LogP contribution in [0.4, 0.5) is 0 Å². The molecule has 37 heavy (non-hydrogen) atoms. The summed E-state index contributed by atoms with van der Waals surface area (Å²) in [7, 11) is 0. The lowest BCUT2D eigenvalue weighted by atomic mass is 9.61. The van der Waals surface area contributed by atoms with E-state index in [1.165, 1.54) is 38.5 Å². The number of pyridine rings is 2. The fourth-order valence-electron chi connectivity index (χ4n) is 6.77. The molecule has 0 bridgehead atoms. The van der Waals surface area contributed by atoms with Gasteiger partial charge in [0.05, 0.1) is 27.9 Å². The zero-order valence-electron chi connectivity index (χ0n) is 23.3. The van der Waals surface area contributed by atoms with Crippen LogP contribution in [-0.2, 0) is 16.4 Å². The first-order valence-corrected chi connectivity index (χ1v) is 13.7. The van der Waals surface area contributed by atoms with E-state index in [-0.39, 0.29) is 16.4 Å². The van der Waals surface area contributed by atoms with Crippen molar-refractivity contribution in [2.24, 2.45) is 0 Å². The van der Waals surface area contributed by atoms with Crippen LogP contribution in [0.5, 0.6) is 0 Å². The average Bonchev–Trinajstić information content (AvgIpc) is 3.26. The van der Waals surface area contributed by atoms with Gasteiger partial charge in [-0.25, -0.2) is 0 Å². The Morgan fingerprint density at radius 3 is 2.43 bits per heavy atom. The van der Waals surface area contributed by atoms with Crippen LogP contribution in [0.3, 0.4) is 0 Å². The summed E-state index contributed by atoms with van der Waals surface area (Å²) in [6.45, 7) is 20.5. The predicted molar refractivity (Wildman–Crippen MR) is 156 cm³/mol. The van der Waals surface area contributed by atoms with Gasteiger partial charge < -0.3 is 0 Å². The second kappa shape index (κ2) is 7.77. The summed E-state index contributed by atoms with van der Waals surface area (Å²) in [6.07, 6.45) is 6.24. The van der Waals surface area contributed by atoms with Crippen molar-refractivity contribution in [2.45, 2.75) is 77.7 Å². The van der Waals surface area contributed by atoms with Crippen LogP contribution in [0.1, 0.15) is 78.1 Å². The maximum absolute atomic E-state index is 5.36. The molecule has 3 heteroatoms. The molecule has 5 aromatic rings. The fourth-order valence-corrected chi connectivity index (χ4v) is 6.77. The van der Waals surface area contributed by atoms with Crippen molar-refractivity contribution in [3.8, 4) is 11.1 Å². The molecule has 3 aromatic heterocycles. The molecule has 0 aliphatic carbocycles. The lowest BCUT2D eigenvalue weighted by Gasteiger charge is -2.44. The molecule has 6 rings (SSSR count). The molecule has 0 spiro atoms. The summed E-state index contributed by atoms with van der Waals surface area (Å²) in [4.78, 5) is 5.36. The van der Waals surface area contributed by atoms with Crippen LogP contribution in [0.15, 0.2) is 67.4 Å². The Balaban J connectivity index is 1.94.